The number of carbonyl (C=O) groups is 2. The number of amides is 2. The first-order valence-electron chi connectivity index (χ1n) is 10.00. The van der Waals surface area contributed by atoms with Crippen LogP contribution in [0.1, 0.15) is 41.7 Å². The Hall–Kier alpha value is -3.09. The summed E-state index contributed by atoms with van der Waals surface area (Å²) in [5.74, 6) is 0.498. The van der Waals surface area contributed by atoms with E-state index in [2.05, 4.69) is 5.32 Å². The van der Waals surface area contributed by atoms with Crippen LogP contribution in [0.5, 0.6) is 11.5 Å². The zero-order chi connectivity index (χ0) is 21.7. The van der Waals surface area contributed by atoms with E-state index < -0.39 is 0 Å². The number of nitrogens with one attached hydrogen (secondary N) is 1. The van der Waals surface area contributed by atoms with Crippen LogP contribution in [0, 0.1) is 11.7 Å². The van der Waals surface area contributed by atoms with Crippen molar-refractivity contribution in [2.24, 2.45) is 5.92 Å². The first-order valence-corrected chi connectivity index (χ1v) is 10.00. The van der Waals surface area contributed by atoms with Crippen molar-refractivity contribution in [1.82, 2.24) is 10.2 Å². The fourth-order valence-electron chi connectivity index (χ4n) is 3.66. The fraction of sp³-hybridized carbons (Fsp3) is 0.391. The van der Waals surface area contributed by atoms with Crippen LogP contribution in [-0.4, -0.2) is 44.0 Å². The highest BCUT2D eigenvalue weighted by Crippen LogP contribution is 2.29. The lowest BCUT2D eigenvalue weighted by molar-refractivity contribution is -0.126. The van der Waals surface area contributed by atoms with Crippen molar-refractivity contribution in [3.05, 3.63) is 59.4 Å². The van der Waals surface area contributed by atoms with Crippen molar-refractivity contribution in [2.45, 2.75) is 25.8 Å². The number of nitrogens with zero attached hydrogens (tertiary/aromatic N) is 1. The maximum absolute atomic E-state index is 13.1. The van der Waals surface area contributed by atoms with Crippen molar-refractivity contribution in [2.75, 3.05) is 27.3 Å². The SMILES string of the molecule is COc1ccc(C(=O)N2CCC(C(=O)NC(C)c3ccc(F)cc3)CC2)cc1OC. The zero-order valence-electron chi connectivity index (χ0n) is 17.5. The molecule has 1 atom stereocenters. The van der Waals surface area contributed by atoms with E-state index in [9.17, 15) is 14.0 Å². The summed E-state index contributed by atoms with van der Waals surface area (Å²) in [7, 11) is 3.08. The van der Waals surface area contributed by atoms with Crippen LogP contribution in [-0.2, 0) is 4.79 Å². The third-order valence-corrected chi connectivity index (χ3v) is 5.51. The number of benzene rings is 2. The van der Waals surface area contributed by atoms with E-state index in [-0.39, 0.29) is 29.6 Å². The van der Waals surface area contributed by atoms with Gasteiger partial charge in [0, 0.05) is 24.6 Å². The number of likely N-dealkylation sites (tertiary alicyclic amines) is 1. The number of rotatable bonds is 6. The lowest BCUT2D eigenvalue weighted by Crippen LogP contribution is -2.43. The Morgan fingerprint density at radius 1 is 1.03 bits per heavy atom. The summed E-state index contributed by atoms with van der Waals surface area (Å²) >= 11 is 0. The number of halogens is 1. The molecule has 1 fully saturated rings. The van der Waals surface area contributed by atoms with Crippen molar-refractivity contribution >= 4 is 11.8 Å². The lowest BCUT2D eigenvalue weighted by Gasteiger charge is -2.32. The summed E-state index contributed by atoms with van der Waals surface area (Å²) in [5, 5.41) is 2.99. The van der Waals surface area contributed by atoms with E-state index >= 15 is 0 Å². The number of hydrogen-bond acceptors (Lipinski definition) is 4. The second kappa shape index (κ2) is 9.61. The Bertz CT molecular complexity index is 893. The minimum Gasteiger partial charge on any atom is -0.493 e. The molecule has 30 heavy (non-hydrogen) atoms. The molecule has 1 aliphatic rings. The number of hydrogen-bond donors (Lipinski definition) is 1. The quantitative estimate of drug-likeness (QED) is 0.785. The largest absolute Gasteiger partial charge is 0.493 e. The van der Waals surface area contributed by atoms with Gasteiger partial charge in [-0.25, -0.2) is 4.39 Å². The molecule has 0 bridgehead atoms. The summed E-state index contributed by atoms with van der Waals surface area (Å²) in [6.45, 7) is 2.90. The van der Waals surface area contributed by atoms with Gasteiger partial charge in [0.2, 0.25) is 5.91 Å². The van der Waals surface area contributed by atoms with Crippen molar-refractivity contribution in [1.29, 1.82) is 0 Å². The monoisotopic (exact) mass is 414 g/mol. The number of methoxy groups -OCH3 is 2. The Balaban J connectivity index is 1.55. The highest BCUT2D eigenvalue weighted by atomic mass is 19.1. The zero-order valence-corrected chi connectivity index (χ0v) is 17.5. The van der Waals surface area contributed by atoms with Crippen LogP contribution >= 0.6 is 0 Å². The number of carbonyl (C=O) groups excluding carboxylic acids is 2. The van der Waals surface area contributed by atoms with Gasteiger partial charge in [-0.2, -0.15) is 0 Å². The highest BCUT2D eigenvalue weighted by molar-refractivity contribution is 5.95. The van der Waals surface area contributed by atoms with Crippen LogP contribution in [0.3, 0.4) is 0 Å². The Labute approximate surface area is 176 Å². The molecule has 0 saturated carbocycles. The normalized spacial score (nSPS) is 15.4. The first kappa shape index (κ1) is 21.6. The van der Waals surface area contributed by atoms with Gasteiger partial charge in [0.25, 0.3) is 5.91 Å². The number of piperidine rings is 1. The second-order valence-electron chi connectivity index (χ2n) is 7.42. The van der Waals surface area contributed by atoms with E-state index in [0.717, 1.165) is 5.56 Å². The van der Waals surface area contributed by atoms with Crippen molar-refractivity contribution in [3.8, 4) is 11.5 Å². The molecule has 0 aromatic heterocycles. The van der Waals surface area contributed by atoms with Gasteiger partial charge in [0.1, 0.15) is 5.82 Å². The lowest BCUT2D eigenvalue weighted by atomic mass is 9.94. The van der Waals surface area contributed by atoms with E-state index in [4.69, 9.17) is 9.47 Å². The Kier molecular flexibility index (Phi) is 6.92. The summed E-state index contributed by atoms with van der Waals surface area (Å²) in [5.41, 5.74) is 1.38. The molecular formula is C23H27FN2O4. The molecule has 3 rings (SSSR count). The molecule has 160 valence electrons. The maximum Gasteiger partial charge on any atom is 0.253 e. The van der Waals surface area contributed by atoms with Gasteiger partial charge < -0.3 is 19.7 Å². The fourth-order valence-corrected chi connectivity index (χ4v) is 3.66. The minimum absolute atomic E-state index is 0.0370. The van der Waals surface area contributed by atoms with Crippen molar-refractivity contribution < 1.29 is 23.5 Å². The molecule has 1 unspecified atom stereocenters. The third kappa shape index (κ3) is 4.90. The van der Waals surface area contributed by atoms with Gasteiger partial charge in [-0.1, -0.05) is 12.1 Å². The Morgan fingerprint density at radius 3 is 2.27 bits per heavy atom. The molecule has 2 aromatic rings. The molecule has 0 aliphatic carbocycles. The van der Waals surface area contributed by atoms with Crippen LogP contribution in [0.4, 0.5) is 4.39 Å². The van der Waals surface area contributed by atoms with E-state index in [1.54, 1.807) is 42.3 Å². The number of ether oxygens (including phenoxy) is 2. The summed E-state index contributed by atoms with van der Waals surface area (Å²) in [6, 6.07) is 11.0. The van der Waals surface area contributed by atoms with Crippen LogP contribution in [0.2, 0.25) is 0 Å². The van der Waals surface area contributed by atoms with Crippen molar-refractivity contribution in [3.63, 3.8) is 0 Å². The molecule has 1 heterocycles. The van der Waals surface area contributed by atoms with Gasteiger partial charge in [0.05, 0.1) is 20.3 Å². The predicted molar refractivity (Wildman–Crippen MR) is 111 cm³/mol. The van der Waals surface area contributed by atoms with Gasteiger partial charge in [-0.05, 0) is 55.7 Å². The Morgan fingerprint density at radius 2 is 1.67 bits per heavy atom. The minimum atomic E-state index is -0.302. The molecule has 1 saturated heterocycles. The van der Waals surface area contributed by atoms with Crippen LogP contribution < -0.4 is 14.8 Å². The van der Waals surface area contributed by atoms with Gasteiger partial charge in [0.15, 0.2) is 11.5 Å². The van der Waals surface area contributed by atoms with Gasteiger partial charge >= 0.3 is 0 Å². The van der Waals surface area contributed by atoms with Crippen LogP contribution in [0.15, 0.2) is 42.5 Å². The van der Waals surface area contributed by atoms with Crippen LogP contribution in [0.25, 0.3) is 0 Å². The maximum atomic E-state index is 13.1. The van der Waals surface area contributed by atoms with E-state index in [0.29, 0.717) is 43.0 Å². The average molecular weight is 414 g/mol. The standard InChI is InChI=1S/C23H27FN2O4/c1-15(16-4-7-19(24)8-5-16)25-22(27)17-10-12-26(13-11-17)23(28)18-6-9-20(29-2)21(14-18)30-3/h4-9,14-15,17H,10-13H2,1-3H3,(H,25,27). The predicted octanol–water partition coefficient (Wildman–Crippen LogP) is 3.57. The molecule has 6 nitrogen and oxygen atoms in total. The molecule has 2 aromatic carbocycles. The second-order valence-corrected chi connectivity index (χ2v) is 7.42. The molecule has 0 radical (unpaired) electrons. The molecule has 2 amide bonds. The van der Waals surface area contributed by atoms with E-state index in [1.165, 1.54) is 19.2 Å². The highest BCUT2D eigenvalue weighted by Gasteiger charge is 2.29. The first-order chi connectivity index (χ1) is 14.4. The molecule has 1 aliphatic heterocycles. The average Bonchev–Trinajstić information content (AvgIpc) is 2.78. The molecule has 7 heteroatoms. The third-order valence-electron chi connectivity index (χ3n) is 5.51. The summed E-state index contributed by atoms with van der Waals surface area (Å²) in [6.07, 6.45) is 1.20. The summed E-state index contributed by atoms with van der Waals surface area (Å²) in [4.78, 5) is 27.2. The molecular weight excluding hydrogens is 387 g/mol. The van der Waals surface area contributed by atoms with E-state index in [1.807, 2.05) is 6.92 Å². The topological polar surface area (TPSA) is 67.9 Å². The molecule has 0 spiro atoms. The van der Waals surface area contributed by atoms with Gasteiger partial charge in [-0.15, -0.1) is 0 Å². The van der Waals surface area contributed by atoms with Gasteiger partial charge in [-0.3, -0.25) is 9.59 Å². The summed E-state index contributed by atoms with van der Waals surface area (Å²) < 4.78 is 23.6. The molecule has 1 N–H and O–H groups in total. The smallest absolute Gasteiger partial charge is 0.253 e.